The predicted octanol–water partition coefficient (Wildman–Crippen LogP) is 0.532. The number of anilines is 1. The van der Waals surface area contributed by atoms with Crippen molar-refractivity contribution in [2.45, 2.75) is 45.8 Å². The van der Waals surface area contributed by atoms with Gasteiger partial charge in [-0.25, -0.2) is 4.79 Å². The number of aromatic nitrogens is 2. The number of rotatable bonds is 3. The number of hydrogen-bond acceptors (Lipinski definition) is 5. The van der Waals surface area contributed by atoms with E-state index in [1.165, 1.54) is 4.57 Å². The predicted molar refractivity (Wildman–Crippen MR) is 81.4 cm³/mol. The van der Waals surface area contributed by atoms with Crippen LogP contribution in [0.2, 0.25) is 0 Å². The molecule has 0 bridgehead atoms. The molecule has 1 aliphatic carbocycles. The first-order valence-electron chi connectivity index (χ1n) is 7.42. The lowest BCUT2D eigenvalue weighted by Crippen LogP contribution is -2.31. The zero-order chi connectivity index (χ0) is 16.5. The van der Waals surface area contributed by atoms with Gasteiger partial charge in [-0.15, -0.1) is 0 Å². The largest absolute Gasteiger partial charge is 0.396 e. The highest BCUT2D eigenvalue weighted by Crippen LogP contribution is 2.33. The molecular formula is C15H23N3O4. The van der Waals surface area contributed by atoms with Crippen LogP contribution < -0.4 is 11.0 Å². The van der Waals surface area contributed by atoms with Crippen LogP contribution in [0.5, 0.6) is 0 Å². The van der Waals surface area contributed by atoms with E-state index in [2.05, 4.69) is 10.3 Å². The van der Waals surface area contributed by atoms with Crippen LogP contribution in [0.1, 0.15) is 39.7 Å². The summed E-state index contributed by atoms with van der Waals surface area (Å²) in [6.07, 6.45) is 1.92. The average molecular weight is 309 g/mol. The van der Waals surface area contributed by atoms with E-state index in [9.17, 15) is 19.8 Å². The summed E-state index contributed by atoms with van der Waals surface area (Å²) < 4.78 is 1.45. The summed E-state index contributed by atoms with van der Waals surface area (Å²) in [5, 5.41) is 21.6. The van der Waals surface area contributed by atoms with Crippen molar-refractivity contribution in [2.24, 2.45) is 11.3 Å². The molecule has 1 saturated carbocycles. The summed E-state index contributed by atoms with van der Waals surface area (Å²) in [5.41, 5.74) is -1.04. The molecule has 1 aromatic rings. The molecule has 122 valence electrons. The Hall–Kier alpha value is -1.73. The van der Waals surface area contributed by atoms with Crippen molar-refractivity contribution < 1.29 is 15.0 Å². The highest BCUT2D eigenvalue weighted by Gasteiger charge is 2.34. The Kier molecular flexibility index (Phi) is 4.67. The smallest absolute Gasteiger partial charge is 0.349 e. The second kappa shape index (κ2) is 6.18. The van der Waals surface area contributed by atoms with Crippen LogP contribution in [0.3, 0.4) is 0 Å². The van der Waals surface area contributed by atoms with E-state index in [4.69, 9.17) is 0 Å². The third-order valence-corrected chi connectivity index (χ3v) is 4.01. The fourth-order valence-electron chi connectivity index (χ4n) is 2.56. The van der Waals surface area contributed by atoms with E-state index >= 15 is 0 Å². The van der Waals surface area contributed by atoms with Crippen molar-refractivity contribution in [3.63, 3.8) is 0 Å². The van der Waals surface area contributed by atoms with Crippen molar-refractivity contribution in [3.05, 3.63) is 22.7 Å². The number of amides is 1. The molecule has 7 heteroatoms. The van der Waals surface area contributed by atoms with Gasteiger partial charge < -0.3 is 15.5 Å². The first kappa shape index (κ1) is 16.6. The maximum absolute atomic E-state index is 12.1. The molecule has 2 rings (SSSR count). The summed E-state index contributed by atoms with van der Waals surface area (Å²) in [5.74, 6) is -0.204. The summed E-state index contributed by atoms with van der Waals surface area (Å²) in [6.45, 7) is 5.23. The van der Waals surface area contributed by atoms with Gasteiger partial charge >= 0.3 is 5.69 Å². The zero-order valence-electron chi connectivity index (χ0n) is 13.1. The molecule has 7 nitrogen and oxygen atoms in total. The van der Waals surface area contributed by atoms with E-state index in [0.717, 1.165) is 0 Å². The third kappa shape index (κ3) is 3.53. The molecule has 1 fully saturated rings. The van der Waals surface area contributed by atoms with Gasteiger partial charge in [0.15, 0.2) is 0 Å². The molecule has 0 radical (unpaired) electrons. The number of carbonyl (C=O) groups excluding carboxylic acids is 1. The van der Waals surface area contributed by atoms with E-state index in [1.807, 2.05) is 0 Å². The monoisotopic (exact) mass is 309 g/mol. The van der Waals surface area contributed by atoms with Crippen molar-refractivity contribution in [3.8, 4) is 0 Å². The molecule has 0 unspecified atom stereocenters. The maximum Gasteiger partial charge on any atom is 0.349 e. The van der Waals surface area contributed by atoms with E-state index in [0.29, 0.717) is 12.8 Å². The van der Waals surface area contributed by atoms with E-state index in [-0.39, 0.29) is 30.3 Å². The highest BCUT2D eigenvalue weighted by atomic mass is 16.3. The SMILES string of the molecule is CC(C)(C)C(=O)Nc1ccn([C@@H]2C[C@H](CO)[C@@H](O)C2)c(=O)n1. The number of carbonyl (C=O) groups is 1. The van der Waals surface area contributed by atoms with E-state index in [1.54, 1.807) is 33.0 Å². The Balaban J connectivity index is 2.14. The number of aliphatic hydroxyl groups excluding tert-OH is 2. The van der Waals surface area contributed by atoms with Gasteiger partial charge in [-0.3, -0.25) is 9.36 Å². The van der Waals surface area contributed by atoms with Crippen LogP contribution in [0.25, 0.3) is 0 Å². The standard InChI is InChI=1S/C15H23N3O4/c1-15(2,3)13(21)16-12-4-5-18(14(22)17-12)10-6-9(8-19)11(20)7-10/h4-5,9-11,19-20H,6-8H2,1-3H3,(H,16,17,21,22)/t9-,10-,11+/m1/s1. The Morgan fingerprint density at radius 3 is 2.64 bits per heavy atom. The normalized spacial score (nSPS) is 25.2. The van der Waals surface area contributed by atoms with Crippen molar-refractivity contribution in [1.29, 1.82) is 0 Å². The fourth-order valence-corrected chi connectivity index (χ4v) is 2.56. The second-order valence-electron chi connectivity index (χ2n) is 6.84. The molecular weight excluding hydrogens is 286 g/mol. The Labute approximate surface area is 129 Å². The lowest BCUT2D eigenvalue weighted by atomic mass is 9.96. The van der Waals surface area contributed by atoms with Crippen molar-refractivity contribution in [1.82, 2.24) is 9.55 Å². The number of aliphatic hydroxyl groups is 2. The van der Waals surface area contributed by atoms with Gasteiger partial charge in [-0.05, 0) is 18.9 Å². The first-order chi connectivity index (χ1) is 10.2. The van der Waals surface area contributed by atoms with Crippen LogP contribution in [-0.2, 0) is 4.79 Å². The molecule has 1 amide bonds. The van der Waals surface area contributed by atoms with Crippen LogP contribution in [-0.4, -0.2) is 38.4 Å². The maximum atomic E-state index is 12.1. The summed E-state index contributed by atoms with van der Waals surface area (Å²) >= 11 is 0. The molecule has 1 heterocycles. The van der Waals surface area contributed by atoms with Crippen molar-refractivity contribution in [2.75, 3.05) is 11.9 Å². The minimum atomic E-state index is -0.609. The molecule has 3 N–H and O–H groups in total. The lowest BCUT2D eigenvalue weighted by Gasteiger charge is -2.18. The molecule has 0 aromatic carbocycles. The molecule has 22 heavy (non-hydrogen) atoms. The van der Waals surface area contributed by atoms with Crippen LogP contribution in [0.4, 0.5) is 5.82 Å². The van der Waals surface area contributed by atoms with Gasteiger partial charge in [0.1, 0.15) is 5.82 Å². The van der Waals surface area contributed by atoms with E-state index < -0.39 is 17.2 Å². The van der Waals surface area contributed by atoms with Crippen LogP contribution in [0.15, 0.2) is 17.1 Å². The summed E-state index contributed by atoms with van der Waals surface area (Å²) in [4.78, 5) is 27.9. The van der Waals surface area contributed by atoms with Gasteiger partial charge in [0.2, 0.25) is 5.91 Å². The number of nitrogens with zero attached hydrogens (tertiary/aromatic N) is 2. The molecule has 0 aliphatic heterocycles. The van der Waals surface area contributed by atoms with Crippen LogP contribution in [0, 0.1) is 11.3 Å². The molecule has 1 aliphatic rings. The first-order valence-corrected chi connectivity index (χ1v) is 7.42. The summed E-state index contributed by atoms with van der Waals surface area (Å²) in [6, 6.07) is 1.39. The Morgan fingerprint density at radius 1 is 1.45 bits per heavy atom. The molecule has 3 atom stereocenters. The summed E-state index contributed by atoms with van der Waals surface area (Å²) in [7, 11) is 0. The van der Waals surface area contributed by atoms with Gasteiger partial charge in [-0.2, -0.15) is 4.98 Å². The minimum absolute atomic E-state index is 0.0976. The third-order valence-electron chi connectivity index (χ3n) is 4.01. The quantitative estimate of drug-likeness (QED) is 0.755. The van der Waals surface area contributed by atoms with Gasteiger partial charge in [-0.1, -0.05) is 20.8 Å². The lowest BCUT2D eigenvalue weighted by molar-refractivity contribution is -0.123. The Morgan fingerprint density at radius 2 is 2.14 bits per heavy atom. The van der Waals surface area contributed by atoms with Gasteiger partial charge in [0.25, 0.3) is 0 Å². The van der Waals surface area contributed by atoms with Crippen LogP contribution >= 0.6 is 0 Å². The molecule has 0 saturated heterocycles. The van der Waals surface area contributed by atoms with Crippen molar-refractivity contribution >= 4 is 11.7 Å². The fraction of sp³-hybridized carbons (Fsp3) is 0.667. The number of hydrogen-bond donors (Lipinski definition) is 3. The van der Waals surface area contributed by atoms with Gasteiger partial charge in [0.05, 0.1) is 6.10 Å². The number of nitrogens with one attached hydrogen (secondary N) is 1. The van der Waals surface area contributed by atoms with Gasteiger partial charge in [0, 0.05) is 30.2 Å². The highest BCUT2D eigenvalue weighted by molar-refractivity contribution is 5.93. The average Bonchev–Trinajstić information content (AvgIpc) is 2.78. The minimum Gasteiger partial charge on any atom is -0.396 e. The molecule has 1 aromatic heterocycles. The topological polar surface area (TPSA) is 104 Å². The zero-order valence-corrected chi connectivity index (χ0v) is 13.1. The second-order valence-corrected chi connectivity index (χ2v) is 6.84. The Bertz CT molecular complexity index is 606. The molecule has 0 spiro atoms.